The van der Waals surface area contributed by atoms with E-state index in [1.54, 1.807) is 4.68 Å². The van der Waals surface area contributed by atoms with Crippen molar-refractivity contribution in [3.63, 3.8) is 0 Å². The quantitative estimate of drug-likeness (QED) is 0.877. The van der Waals surface area contributed by atoms with Crippen LogP contribution in [-0.2, 0) is 20.6 Å². The lowest BCUT2D eigenvalue weighted by Crippen LogP contribution is -2.02. The van der Waals surface area contributed by atoms with E-state index in [2.05, 4.69) is 35.6 Å². The van der Waals surface area contributed by atoms with Gasteiger partial charge in [-0.1, -0.05) is 13.8 Å². The lowest BCUT2D eigenvalue weighted by Gasteiger charge is -2.06. The maximum atomic E-state index is 4.48. The molecule has 2 rings (SSSR count). The Morgan fingerprint density at radius 1 is 1.24 bits per heavy atom. The highest BCUT2D eigenvalue weighted by molar-refractivity contribution is 5.39. The number of rotatable bonds is 4. The van der Waals surface area contributed by atoms with Crippen LogP contribution in [0.1, 0.15) is 31.0 Å². The number of aryl methyl sites for hydroxylation is 2. The number of nitrogens with zero attached hydrogens (tertiary/aromatic N) is 4. The summed E-state index contributed by atoms with van der Waals surface area (Å²) in [5.74, 6) is 0.446. The Kier molecular flexibility index (Phi) is 3.17. The van der Waals surface area contributed by atoms with Crippen molar-refractivity contribution in [1.82, 2.24) is 19.6 Å². The Morgan fingerprint density at radius 2 is 2.00 bits per heavy atom. The maximum Gasteiger partial charge on any atom is 0.0729 e. The summed E-state index contributed by atoms with van der Waals surface area (Å²) in [4.78, 5) is 0. The van der Waals surface area contributed by atoms with Gasteiger partial charge in [0.05, 0.1) is 17.6 Å². The summed E-state index contributed by atoms with van der Waals surface area (Å²) in [5, 5.41) is 12.0. The highest BCUT2D eigenvalue weighted by Crippen LogP contribution is 2.18. The molecule has 1 N–H and O–H groups in total. The van der Waals surface area contributed by atoms with Gasteiger partial charge in [0.15, 0.2) is 0 Å². The fourth-order valence-electron chi connectivity index (χ4n) is 1.89. The van der Waals surface area contributed by atoms with Crippen molar-refractivity contribution in [2.75, 3.05) is 5.32 Å². The highest BCUT2D eigenvalue weighted by Gasteiger charge is 2.11. The molecule has 0 aromatic carbocycles. The van der Waals surface area contributed by atoms with Crippen LogP contribution in [0.25, 0.3) is 0 Å². The van der Waals surface area contributed by atoms with E-state index in [0.29, 0.717) is 5.92 Å². The van der Waals surface area contributed by atoms with Crippen molar-refractivity contribution in [2.45, 2.75) is 26.3 Å². The van der Waals surface area contributed by atoms with E-state index < -0.39 is 0 Å². The van der Waals surface area contributed by atoms with Crippen molar-refractivity contribution in [3.05, 3.63) is 29.8 Å². The lowest BCUT2D eigenvalue weighted by atomic mass is 10.1. The Balaban J connectivity index is 2.08. The van der Waals surface area contributed by atoms with Crippen LogP contribution >= 0.6 is 0 Å². The molecule has 5 heteroatoms. The smallest absolute Gasteiger partial charge is 0.0729 e. The van der Waals surface area contributed by atoms with Crippen molar-refractivity contribution in [3.8, 4) is 0 Å². The number of nitrogens with one attached hydrogen (secondary N) is 1. The van der Waals surface area contributed by atoms with Crippen LogP contribution in [0.3, 0.4) is 0 Å². The Labute approximate surface area is 101 Å². The van der Waals surface area contributed by atoms with Gasteiger partial charge in [0, 0.05) is 38.6 Å². The molecule has 2 aromatic heterocycles. The summed E-state index contributed by atoms with van der Waals surface area (Å²) in [6.45, 7) is 5.11. The molecule has 0 fully saturated rings. The molecule has 0 bridgehead atoms. The van der Waals surface area contributed by atoms with E-state index in [0.717, 1.165) is 17.9 Å². The number of anilines is 1. The number of hydrogen-bond donors (Lipinski definition) is 1. The van der Waals surface area contributed by atoms with Crippen LogP contribution in [0.5, 0.6) is 0 Å². The average molecular weight is 233 g/mol. The van der Waals surface area contributed by atoms with E-state index in [1.807, 2.05) is 31.2 Å². The second-order valence-electron chi connectivity index (χ2n) is 4.62. The monoisotopic (exact) mass is 233 g/mol. The van der Waals surface area contributed by atoms with E-state index in [4.69, 9.17) is 0 Å². The average Bonchev–Trinajstić information content (AvgIpc) is 2.82. The van der Waals surface area contributed by atoms with Gasteiger partial charge in [-0.3, -0.25) is 9.36 Å². The van der Waals surface area contributed by atoms with Crippen molar-refractivity contribution >= 4 is 5.69 Å². The van der Waals surface area contributed by atoms with Crippen molar-refractivity contribution < 1.29 is 0 Å². The first-order chi connectivity index (χ1) is 8.06. The predicted octanol–water partition coefficient (Wildman–Crippen LogP) is 1.89. The zero-order valence-electron chi connectivity index (χ0n) is 10.8. The molecule has 0 aliphatic heterocycles. The molecular weight excluding hydrogens is 214 g/mol. The first-order valence-electron chi connectivity index (χ1n) is 5.81. The molecule has 0 atom stereocenters. The van der Waals surface area contributed by atoms with E-state index in [1.165, 1.54) is 5.56 Å². The third-order valence-electron chi connectivity index (χ3n) is 2.67. The molecule has 0 aliphatic carbocycles. The first kappa shape index (κ1) is 11.7. The molecule has 0 saturated heterocycles. The molecule has 0 spiro atoms. The molecular formula is C12H19N5. The van der Waals surface area contributed by atoms with Crippen LogP contribution < -0.4 is 5.32 Å². The van der Waals surface area contributed by atoms with E-state index in [-0.39, 0.29) is 0 Å². The van der Waals surface area contributed by atoms with Gasteiger partial charge in [0.2, 0.25) is 0 Å². The molecule has 0 amide bonds. The van der Waals surface area contributed by atoms with Crippen LogP contribution in [0.4, 0.5) is 5.69 Å². The van der Waals surface area contributed by atoms with Crippen LogP contribution in [0.15, 0.2) is 18.6 Å². The molecule has 2 aromatic rings. The van der Waals surface area contributed by atoms with Gasteiger partial charge in [0.1, 0.15) is 0 Å². The van der Waals surface area contributed by atoms with Gasteiger partial charge >= 0.3 is 0 Å². The second kappa shape index (κ2) is 4.61. The van der Waals surface area contributed by atoms with Gasteiger partial charge in [-0.15, -0.1) is 0 Å². The number of aromatic nitrogens is 4. The normalized spacial score (nSPS) is 11.1. The Morgan fingerprint density at radius 3 is 2.59 bits per heavy atom. The standard InChI is InChI=1S/C12H19N5/c1-9(2)12-10(7-17(4)15-12)5-13-11-6-14-16(3)8-11/h6-9,13H,5H2,1-4H3. The third kappa shape index (κ3) is 2.67. The molecule has 5 nitrogen and oxygen atoms in total. The third-order valence-corrected chi connectivity index (χ3v) is 2.67. The minimum absolute atomic E-state index is 0.446. The molecule has 17 heavy (non-hydrogen) atoms. The maximum absolute atomic E-state index is 4.48. The minimum Gasteiger partial charge on any atom is -0.378 e. The molecule has 0 saturated carbocycles. The summed E-state index contributed by atoms with van der Waals surface area (Å²) in [6, 6.07) is 0. The van der Waals surface area contributed by atoms with Crippen LogP contribution in [0, 0.1) is 0 Å². The van der Waals surface area contributed by atoms with Crippen molar-refractivity contribution in [1.29, 1.82) is 0 Å². The van der Waals surface area contributed by atoms with Gasteiger partial charge in [-0.05, 0) is 5.92 Å². The lowest BCUT2D eigenvalue weighted by molar-refractivity contribution is 0.712. The molecule has 0 aliphatic rings. The SMILES string of the molecule is CC(C)c1nn(C)cc1CNc1cnn(C)c1. The number of hydrogen-bond acceptors (Lipinski definition) is 3. The summed E-state index contributed by atoms with van der Waals surface area (Å²) in [7, 11) is 3.87. The fraction of sp³-hybridized carbons (Fsp3) is 0.500. The summed E-state index contributed by atoms with van der Waals surface area (Å²) in [6.07, 6.45) is 5.86. The summed E-state index contributed by atoms with van der Waals surface area (Å²) >= 11 is 0. The Hall–Kier alpha value is -1.78. The van der Waals surface area contributed by atoms with Crippen LogP contribution in [-0.4, -0.2) is 19.6 Å². The predicted molar refractivity (Wildman–Crippen MR) is 67.8 cm³/mol. The van der Waals surface area contributed by atoms with E-state index in [9.17, 15) is 0 Å². The fourth-order valence-corrected chi connectivity index (χ4v) is 1.89. The highest BCUT2D eigenvalue weighted by atomic mass is 15.3. The van der Waals surface area contributed by atoms with E-state index >= 15 is 0 Å². The zero-order valence-corrected chi connectivity index (χ0v) is 10.8. The van der Waals surface area contributed by atoms with Crippen LogP contribution in [0.2, 0.25) is 0 Å². The van der Waals surface area contributed by atoms with Gasteiger partial charge in [-0.25, -0.2) is 0 Å². The second-order valence-corrected chi connectivity index (χ2v) is 4.62. The first-order valence-corrected chi connectivity index (χ1v) is 5.81. The summed E-state index contributed by atoms with van der Waals surface area (Å²) < 4.78 is 3.66. The molecule has 92 valence electrons. The van der Waals surface area contributed by atoms with Gasteiger partial charge < -0.3 is 5.32 Å². The van der Waals surface area contributed by atoms with Gasteiger partial charge in [0.25, 0.3) is 0 Å². The molecule has 2 heterocycles. The van der Waals surface area contributed by atoms with Crippen molar-refractivity contribution in [2.24, 2.45) is 14.1 Å². The summed E-state index contributed by atoms with van der Waals surface area (Å²) in [5.41, 5.74) is 3.43. The van der Waals surface area contributed by atoms with Gasteiger partial charge in [-0.2, -0.15) is 10.2 Å². The largest absolute Gasteiger partial charge is 0.378 e. The minimum atomic E-state index is 0.446. The topological polar surface area (TPSA) is 47.7 Å². The molecule has 0 radical (unpaired) electrons. The molecule has 0 unspecified atom stereocenters. The zero-order chi connectivity index (χ0) is 12.4. The Bertz CT molecular complexity index is 495.